The van der Waals surface area contributed by atoms with Crippen LogP contribution in [0.25, 0.3) is 0 Å². The maximum Gasteiger partial charge on any atom is 0.244 e. The largest absolute Gasteiger partial charge is 0.391 e. The number of nitrogens with zero attached hydrogens (tertiary/aromatic N) is 1. The van der Waals surface area contributed by atoms with E-state index < -0.39 is 10.0 Å². The maximum atomic E-state index is 12.5. The molecule has 0 aliphatic heterocycles. The topological polar surface area (TPSA) is 57.6 Å². The summed E-state index contributed by atoms with van der Waals surface area (Å²) in [6.45, 7) is 1.84. The summed E-state index contributed by atoms with van der Waals surface area (Å²) >= 11 is 2.82. The molecule has 104 valence electrons. The number of aliphatic hydroxyl groups is 1. The third-order valence-electron chi connectivity index (χ3n) is 2.79. The van der Waals surface area contributed by atoms with Crippen LogP contribution in [-0.4, -0.2) is 24.9 Å². The fourth-order valence-corrected chi connectivity index (χ4v) is 5.25. The van der Waals surface area contributed by atoms with Gasteiger partial charge in [0, 0.05) is 13.6 Å². The third-order valence-corrected chi connectivity index (χ3v) is 6.77. The van der Waals surface area contributed by atoms with E-state index in [1.54, 1.807) is 30.7 Å². The van der Waals surface area contributed by atoms with E-state index >= 15 is 0 Å². The van der Waals surface area contributed by atoms with Crippen molar-refractivity contribution in [2.75, 3.05) is 7.05 Å². The SMILES string of the molecule is Cc1csc(CO)c1S(=O)(=O)N(C)Cc1ccsc1. The number of rotatable bonds is 5. The number of hydrogen-bond acceptors (Lipinski definition) is 5. The zero-order valence-corrected chi connectivity index (χ0v) is 13.1. The Hall–Kier alpha value is -0.730. The summed E-state index contributed by atoms with van der Waals surface area (Å²) in [7, 11) is -2.00. The highest BCUT2D eigenvalue weighted by atomic mass is 32.2. The summed E-state index contributed by atoms with van der Waals surface area (Å²) in [6.07, 6.45) is 0. The van der Waals surface area contributed by atoms with Crippen LogP contribution in [-0.2, 0) is 23.2 Å². The minimum Gasteiger partial charge on any atom is -0.391 e. The molecule has 19 heavy (non-hydrogen) atoms. The van der Waals surface area contributed by atoms with Crippen molar-refractivity contribution in [2.45, 2.75) is 25.0 Å². The highest BCUT2D eigenvalue weighted by Gasteiger charge is 2.27. The first-order chi connectivity index (χ1) is 8.96. The summed E-state index contributed by atoms with van der Waals surface area (Å²) in [5.41, 5.74) is 1.65. The van der Waals surface area contributed by atoms with Crippen LogP contribution >= 0.6 is 22.7 Å². The van der Waals surface area contributed by atoms with Crippen LogP contribution in [0.5, 0.6) is 0 Å². The molecule has 0 radical (unpaired) electrons. The second kappa shape index (κ2) is 5.72. The number of thiophene rings is 2. The Morgan fingerprint density at radius 1 is 1.37 bits per heavy atom. The fraction of sp³-hybridized carbons (Fsp3) is 0.333. The van der Waals surface area contributed by atoms with E-state index in [2.05, 4.69) is 0 Å². The van der Waals surface area contributed by atoms with Gasteiger partial charge in [0.1, 0.15) is 4.90 Å². The molecule has 2 heterocycles. The molecule has 0 saturated heterocycles. The lowest BCUT2D eigenvalue weighted by molar-refractivity contribution is 0.282. The summed E-state index contributed by atoms with van der Waals surface area (Å²) < 4.78 is 26.4. The van der Waals surface area contributed by atoms with Gasteiger partial charge in [-0.25, -0.2) is 8.42 Å². The van der Waals surface area contributed by atoms with Crippen molar-refractivity contribution in [1.29, 1.82) is 0 Å². The second-order valence-corrected chi connectivity index (χ2v) is 7.95. The normalized spacial score (nSPS) is 12.2. The number of aliphatic hydroxyl groups excluding tert-OH is 1. The van der Waals surface area contributed by atoms with Gasteiger partial charge in [-0.1, -0.05) is 0 Å². The first kappa shape index (κ1) is 14.7. The van der Waals surface area contributed by atoms with Crippen molar-refractivity contribution in [1.82, 2.24) is 4.31 Å². The van der Waals surface area contributed by atoms with Crippen LogP contribution in [0, 0.1) is 6.92 Å². The third kappa shape index (κ3) is 2.90. The lowest BCUT2D eigenvalue weighted by Gasteiger charge is -2.17. The van der Waals surface area contributed by atoms with Gasteiger partial charge in [-0.15, -0.1) is 11.3 Å². The average Bonchev–Trinajstić information content (AvgIpc) is 2.98. The zero-order valence-electron chi connectivity index (χ0n) is 10.7. The van der Waals surface area contributed by atoms with E-state index in [1.807, 2.05) is 16.8 Å². The molecule has 7 heteroatoms. The van der Waals surface area contributed by atoms with Gasteiger partial charge < -0.3 is 5.11 Å². The van der Waals surface area contributed by atoms with Gasteiger partial charge in [0.15, 0.2) is 0 Å². The molecule has 2 aromatic rings. The summed E-state index contributed by atoms with van der Waals surface area (Å²) in [5.74, 6) is 0. The van der Waals surface area contributed by atoms with Crippen molar-refractivity contribution < 1.29 is 13.5 Å². The molecule has 0 aliphatic rings. The predicted molar refractivity (Wildman–Crippen MR) is 78.0 cm³/mol. The van der Waals surface area contributed by atoms with Crippen LogP contribution in [0.3, 0.4) is 0 Å². The molecule has 2 rings (SSSR count). The van der Waals surface area contributed by atoms with Gasteiger partial charge in [-0.3, -0.25) is 0 Å². The minimum atomic E-state index is -3.56. The van der Waals surface area contributed by atoms with E-state index in [0.717, 1.165) is 5.56 Å². The van der Waals surface area contributed by atoms with E-state index in [1.165, 1.54) is 15.6 Å². The first-order valence-corrected chi connectivity index (χ1v) is 8.88. The van der Waals surface area contributed by atoms with Crippen LogP contribution in [0.4, 0.5) is 0 Å². The smallest absolute Gasteiger partial charge is 0.244 e. The molecule has 0 fully saturated rings. The van der Waals surface area contributed by atoms with Crippen LogP contribution in [0.15, 0.2) is 27.1 Å². The lowest BCUT2D eigenvalue weighted by Crippen LogP contribution is -2.27. The molecule has 1 N–H and O–H groups in total. The molecule has 0 aliphatic carbocycles. The zero-order chi connectivity index (χ0) is 14.0. The highest BCUT2D eigenvalue weighted by Crippen LogP contribution is 2.29. The molecule has 0 saturated carbocycles. The Kier molecular flexibility index (Phi) is 4.42. The molecule has 0 amide bonds. The second-order valence-electron chi connectivity index (χ2n) is 4.22. The van der Waals surface area contributed by atoms with Crippen LogP contribution in [0.2, 0.25) is 0 Å². The van der Waals surface area contributed by atoms with Gasteiger partial charge in [-0.2, -0.15) is 15.6 Å². The standard InChI is InChI=1S/C12H15NO3S3/c1-9-7-18-11(6-14)12(9)19(15,16)13(2)5-10-3-4-17-8-10/h3-4,7-8,14H,5-6H2,1-2H3. The Bertz CT molecular complexity index is 644. The van der Waals surface area contributed by atoms with Crippen molar-refractivity contribution >= 4 is 32.7 Å². The Morgan fingerprint density at radius 3 is 2.68 bits per heavy atom. The maximum absolute atomic E-state index is 12.5. The van der Waals surface area contributed by atoms with Crippen molar-refractivity contribution in [3.63, 3.8) is 0 Å². The molecule has 4 nitrogen and oxygen atoms in total. The Balaban J connectivity index is 2.33. The van der Waals surface area contributed by atoms with E-state index in [0.29, 0.717) is 17.0 Å². The van der Waals surface area contributed by atoms with Gasteiger partial charge in [0.05, 0.1) is 11.5 Å². The van der Waals surface area contributed by atoms with Crippen LogP contribution in [0.1, 0.15) is 16.0 Å². The van der Waals surface area contributed by atoms with Gasteiger partial charge in [0.2, 0.25) is 10.0 Å². The number of aryl methyl sites for hydroxylation is 1. The molecule has 2 aromatic heterocycles. The Labute approximate surface area is 121 Å². The quantitative estimate of drug-likeness (QED) is 0.921. The van der Waals surface area contributed by atoms with E-state index in [-0.39, 0.29) is 11.5 Å². The van der Waals surface area contributed by atoms with Crippen LogP contribution < -0.4 is 0 Å². The number of hydrogen-bond donors (Lipinski definition) is 1. The average molecular weight is 317 g/mol. The fourth-order valence-electron chi connectivity index (χ4n) is 1.82. The van der Waals surface area contributed by atoms with Gasteiger partial charge in [-0.05, 0) is 40.3 Å². The van der Waals surface area contributed by atoms with Gasteiger partial charge in [0.25, 0.3) is 0 Å². The monoisotopic (exact) mass is 317 g/mol. The number of sulfonamides is 1. The lowest BCUT2D eigenvalue weighted by atomic mass is 10.3. The molecule has 0 aromatic carbocycles. The molecule has 0 unspecified atom stereocenters. The molecule has 0 spiro atoms. The summed E-state index contributed by atoms with van der Waals surface area (Å²) in [4.78, 5) is 0.743. The first-order valence-electron chi connectivity index (χ1n) is 5.62. The summed E-state index contributed by atoms with van der Waals surface area (Å²) in [6, 6.07) is 1.91. The van der Waals surface area contributed by atoms with Crippen molar-refractivity contribution in [3.8, 4) is 0 Å². The van der Waals surface area contributed by atoms with Gasteiger partial charge >= 0.3 is 0 Å². The van der Waals surface area contributed by atoms with E-state index in [9.17, 15) is 13.5 Å². The van der Waals surface area contributed by atoms with Crippen molar-refractivity contribution in [3.05, 3.63) is 38.2 Å². The minimum absolute atomic E-state index is 0.248. The molecular weight excluding hydrogens is 302 g/mol. The molecule has 0 bridgehead atoms. The highest BCUT2D eigenvalue weighted by molar-refractivity contribution is 7.89. The molecule has 0 atom stereocenters. The Morgan fingerprint density at radius 2 is 2.11 bits per heavy atom. The predicted octanol–water partition coefficient (Wildman–Crippen LogP) is 2.43. The van der Waals surface area contributed by atoms with E-state index in [4.69, 9.17) is 0 Å². The van der Waals surface area contributed by atoms with Crippen molar-refractivity contribution in [2.24, 2.45) is 0 Å². The molecular formula is C12H15NO3S3. The summed E-state index contributed by atoms with van der Waals surface area (Å²) in [5, 5.41) is 14.9.